The fraction of sp³-hybridized carbons (Fsp3) is 0.176. The monoisotopic (exact) mass is 343 g/mol. The molecule has 1 N–H and O–H groups in total. The second kappa shape index (κ2) is 5.83. The molecule has 4 nitrogen and oxygen atoms in total. The van der Waals surface area contributed by atoms with E-state index in [1.807, 2.05) is 40.5 Å². The fourth-order valence-corrected chi connectivity index (χ4v) is 3.86. The van der Waals surface area contributed by atoms with E-state index >= 15 is 0 Å². The quantitative estimate of drug-likeness (QED) is 0.777. The van der Waals surface area contributed by atoms with Gasteiger partial charge in [-0.1, -0.05) is 29.8 Å². The molecular weight excluding hydrogens is 330 g/mol. The Bertz CT molecular complexity index is 857. The number of fused-ring (bicyclic) bond motifs is 1. The molecule has 23 heavy (non-hydrogen) atoms. The van der Waals surface area contributed by atoms with Crippen molar-refractivity contribution in [2.45, 2.75) is 18.9 Å². The first-order chi connectivity index (χ1) is 11.2. The molecule has 2 aromatic heterocycles. The molecule has 0 aliphatic carbocycles. The van der Waals surface area contributed by atoms with Crippen LogP contribution in [0.3, 0.4) is 0 Å². The Kier molecular flexibility index (Phi) is 3.67. The van der Waals surface area contributed by atoms with Gasteiger partial charge in [0.2, 0.25) is 5.91 Å². The minimum atomic E-state index is 0.0228. The first kappa shape index (κ1) is 14.5. The minimum Gasteiger partial charge on any atom is -0.311 e. The van der Waals surface area contributed by atoms with Gasteiger partial charge in [0.15, 0.2) is 0 Å². The SMILES string of the molecule is O=C1CC(c2ccsc2)c2cnn(Cc3ccccc3Cl)c2N1. The highest BCUT2D eigenvalue weighted by Gasteiger charge is 2.30. The molecule has 0 saturated carbocycles. The molecule has 0 spiro atoms. The van der Waals surface area contributed by atoms with Gasteiger partial charge in [0.1, 0.15) is 5.82 Å². The van der Waals surface area contributed by atoms with E-state index in [0.717, 1.165) is 16.9 Å². The Balaban J connectivity index is 1.72. The normalized spacial score (nSPS) is 16.9. The summed E-state index contributed by atoms with van der Waals surface area (Å²) in [5.74, 6) is 0.872. The molecule has 3 heterocycles. The molecule has 116 valence electrons. The highest BCUT2D eigenvalue weighted by atomic mass is 35.5. The van der Waals surface area contributed by atoms with E-state index in [1.54, 1.807) is 11.3 Å². The van der Waals surface area contributed by atoms with Crippen LogP contribution in [0.5, 0.6) is 0 Å². The largest absolute Gasteiger partial charge is 0.311 e. The first-order valence-corrected chi connectivity index (χ1v) is 8.65. The van der Waals surface area contributed by atoms with Gasteiger partial charge in [-0.15, -0.1) is 0 Å². The second-order valence-electron chi connectivity index (χ2n) is 5.56. The summed E-state index contributed by atoms with van der Waals surface area (Å²) in [6.07, 6.45) is 2.31. The van der Waals surface area contributed by atoms with Crippen LogP contribution in [0.2, 0.25) is 5.02 Å². The number of hydrogen-bond acceptors (Lipinski definition) is 3. The van der Waals surface area contributed by atoms with E-state index in [4.69, 9.17) is 11.6 Å². The number of thiophene rings is 1. The van der Waals surface area contributed by atoms with Crippen molar-refractivity contribution in [3.8, 4) is 0 Å². The van der Waals surface area contributed by atoms with Crippen LogP contribution in [0.15, 0.2) is 47.3 Å². The summed E-state index contributed by atoms with van der Waals surface area (Å²) < 4.78 is 1.81. The van der Waals surface area contributed by atoms with Crippen molar-refractivity contribution >= 4 is 34.7 Å². The lowest BCUT2D eigenvalue weighted by Gasteiger charge is -2.23. The highest BCUT2D eigenvalue weighted by Crippen LogP contribution is 2.38. The standard InChI is InChI=1S/C17H14ClN3OS/c18-15-4-2-1-3-11(15)9-21-17-14(8-19-21)13(7-16(22)20-17)12-5-6-23-10-12/h1-6,8,10,13H,7,9H2,(H,20,22). The molecule has 1 aliphatic rings. The topological polar surface area (TPSA) is 46.9 Å². The molecule has 4 rings (SSSR count). The Morgan fingerprint density at radius 2 is 2.22 bits per heavy atom. The van der Waals surface area contributed by atoms with Gasteiger partial charge in [0.05, 0.1) is 12.7 Å². The number of nitrogens with zero attached hydrogens (tertiary/aromatic N) is 2. The van der Waals surface area contributed by atoms with E-state index in [9.17, 15) is 4.79 Å². The number of anilines is 1. The Morgan fingerprint density at radius 1 is 1.35 bits per heavy atom. The number of benzene rings is 1. The van der Waals surface area contributed by atoms with Gasteiger partial charge in [-0.2, -0.15) is 16.4 Å². The number of halogens is 1. The molecule has 0 bridgehead atoms. The molecule has 0 radical (unpaired) electrons. The lowest BCUT2D eigenvalue weighted by molar-refractivity contribution is -0.116. The predicted molar refractivity (Wildman–Crippen MR) is 92.2 cm³/mol. The van der Waals surface area contributed by atoms with E-state index in [1.165, 1.54) is 5.56 Å². The third kappa shape index (κ3) is 2.66. The maximum Gasteiger partial charge on any atom is 0.226 e. The zero-order chi connectivity index (χ0) is 15.8. The molecule has 0 fully saturated rings. The van der Waals surface area contributed by atoms with Crippen LogP contribution in [0.25, 0.3) is 0 Å². The zero-order valence-corrected chi connectivity index (χ0v) is 13.8. The van der Waals surface area contributed by atoms with Crippen molar-refractivity contribution in [3.63, 3.8) is 0 Å². The lowest BCUT2D eigenvalue weighted by Crippen LogP contribution is -2.24. The molecule has 3 aromatic rings. The van der Waals surface area contributed by atoms with Gasteiger partial charge in [0, 0.05) is 22.9 Å². The van der Waals surface area contributed by atoms with Gasteiger partial charge in [-0.3, -0.25) is 4.79 Å². The van der Waals surface area contributed by atoms with Gasteiger partial charge < -0.3 is 5.32 Å². The molecule has 6 heteroatoms. The van der Waals surface area contributed by atoms with Crippen molar-refractivity contribution in [3.05, 3.63) is 69.0 Å². The number of nitrogens with one attached hydrogen (secondary N) is 1. The Morgan fingerprint density at radius 3 is 3.00 bits per heavy atom. The number of hydrogen-bond donors (Lipinski definition) is 1. The van der Waals surface area contributed by atoms with Crippen molar-refractivity contribution in [2.24, 2.45) is 0 Å². The summed E-state index contributed by atoms with van der Waals surface area (Å²) >= 11 is 7.88. The van der Waals surface area contributed by atoms with Gasteiger partial charge >= 0.3 is 0 Å². The Hall–Kier alpha value is -2.11. The predicted octanol–water partition coefficient (Wildman–Crippen LogP) is 4.12. The second-order valence-corrected chi connectivity index (χ2v) is 6.75. The summed E-state index contributed by atoms with van der Waals surface area (Å²) in [6, 6.07) is 9.75. The van der Waals surface area contributed by atoms with Crippen LogP contribution >= 0.6 is 22.9 Å². The highest BCUT2D eigenvalue weighted by molar-refractivity contribution is 7.08. The number of amides is 1. The molecule has 1 unspecified atom stereocenters. The van der Waals surface area contributed by atoms with Crippen molar-refractivity contribution in [1.82, 2.24) is 9.78 Å². The minimum absolute atomic E-state index is 0.0228. The van der Waals surface area contributed by atoms with E-state index in [0.29, 0.717) is 18.0 Å². The van der Waals surface area contributed by atoms with Gasteiger partial charge in [-0.05, 0) is 34.0 Å². The summed E-state index contributed by atoms with van der Waals surface area (Å²) in [5.41, 5.74) is 3.21. The number of aromatic nitrogens is 2. The number of rotatable bonds is 3. The average molecular weight is 344 g/mol. The van der Waals surface area contributed by atoms with E-state index < -0.39 is 0 Å². The van der Waals surface area contributed by atoms with Crippen LogP contribution in [0.4, 0.5) is 5.82 Å². The van der Waals surface area contributed by atoms with Crippen molar-refractivity contribution in [2.75, 3.05) is 5.32 Å². The average Bonchev–Trinajstić information content (AvgIpc) is 3.19. The molecule has 1 aliphatic heterocycles. The molecule has 1 atom stereocenters. The first-order valence-electron chi connectivity index (χ1n) is 7.33. The summed E-state index contributed by atoms with van der Waals surface area (Å²) in [4.78, 5) is 12.1. The van der Waals surface area contributed by atoms with Crippen molar-refractivity contribution in [1.29, 1.82) is 0 Å². The van der Waals surface area contributed by atoms with Crippen LogP contribution < -0.4 is 5.32 Å². The summed E-state index contributed by atoms with van der Waals surface area (Å²) in [7, 11) is 0. The summed E-state index contributed by atoms with van der Waals surface area (Å²) in [5, 5.41) is 12.3. The van der Waals surface area contributed by atoms with Crippen LogP contribution in [-0.4, -0.2) is 15.7 Å². The van der Waals surface area contributed by atoms with Crippen LogP contribution in [-0.2, 0) is 11.3 Å². The number of carbonyl (C=O) groups is 1. The maximum atomic E-state index is 12.1. The molecule has 1 aromatic carbocycles. The molecule has 1 amide bonds. The smallest absolute Gasteiger partial charge is 0.226 e. The molecular formula is C17H14ClN3OS. The third-order valence-corrected chi connectivity index (χ3v) is 5.18. The third-order valence-electron chi connectivity index (χ3n) is 4.11. The van der Waals surface area contributed by atoms with E-state index in [-0.39, 0.29) is 11.8 Å². The van der Waals surface area contributed by atoms with E-state index in [2.05, 4.69) is 21.9 Å². The lowest BCUT2D eigenvalue weighted by atomic mass is 9.89. The van der Waals surface area contributed by atoms with Crippen LogP contribution in [0, 0.1) is 0 Å². The van der Waals surface area contributed by atoms with Gasteiger partial charge in [0.25, 0.3) is 0 Å². The number of carbonyl (C=O) groups excluding carboxylic acids is 1. The maximum absolute atomic E-state index is 12.1. The van der Waals surface area contributed by atoms with Crippen molar-refractivity contribution < 1.29 is 4.79 Å². The van der Waals surface area contributed by atoms with Crippen LogP contribution in [0.1, 0.15) is 29.0 Å². The molecule has 0 saturated heterocycles. The Labute approximate surface area is 142 Å². The van der Waals surface area contributed by atoms with Gasteiger partial charge in [-0.25, -0.2) is 4.68 Å². The fourth-order valence-electron chi connectivity index (χ4n) is 2.95. The zero-order valence-electron chi connectivity index (χ0n) is 12.2. The summed E-state index contributed by atoms with van der Waals surface area (Å²) in [6.45, 7) is 0.533.